The summed E-state index contributed by atoms with van der Waals surface area (Å²) in [4.78, 5) is 10.7. The normalized spacial score (nSPS) is 29.4. The number of hydrogen-bond acceptors (Lipinski definition) is 2. The number of methoxy groups -OCH3 is 1. The van der Waals surface area contributed by atoms with E-state index in [1.54, 1.807) is 20.1 Å². The van der Waals surface area contributed by atoms with Crippen LogP contribution in [0.2, 0.25) is 0 Å². The largest absolute Gasteiger partial charge is 0.381 e. The molecule has 1 fully saturated rings. The summed E-state index contributed by atoms with van der Waals surface area (Å²) in [7, 11) is 1.77. The summed E-state index contributed by atoms with van der Waals surface area (Å²) >= 11 is 0. The fourth-order valence-electron chi connectivity index (χ4n) is 1.84. The van der Waals surface area contributed by atoms with Gasteiger partial charge in [-0.25, -0.2) is 0 Å². The van der Waals surface area contributed by atoms with Gasteiger partial charge in [0.25, 0.3) is 0 Å². The van der Waals surface area contributed by atoms with Gasteiger partial charge in [-0.05, 0) is 38.2 Å². The van der Waals surface area contributed by atoms with E-state index in [-0.39, 0.29) is 5.78 Å². The Morgan fingerprint density at radius 3 is 2.85 bits per heavy atom. The molecule has 0 amide bonds. The van der Waals surface area contributed by atoms with Crippen LogP contribution < -0.4 is 0 Å². The molecule has 0 aliphatic heterocycles. The van der Waals surface area contributed by atoms with Gasteiger partial charge in [-0.15, -0.1) is 0 Å². The lowest BCUT2D eigenvalue weighted by Gasteiger charge is -2.25. The van der Waals surface area contributed by atoms with Gasteiger partial charge in [0.2, 0.25) is 0 Å². The van der Waals surface area contributed by atoms with Crippen molar-refractivity contribution in [2.75, 3.05) is 7.11 Å². The third kappa shape index (κ3) is 3.73. The lowest BCUT2D eigenvalue weighted by atomic mass is 9.87. The van der Waals surface area contributed by atoms with Crippen LogP contribution in [0.1, 0.15) is 32.6 Å². The zero-order valence-corrected chi connectivity index (χ0v) is 8.45. The van der Waals surface area contributed by atoms with E-state index in [1.807, 2.05) is 6.08 Å². The van der Waals surface area contributed by atoms with Gasteiger partial charge < -0.3 is 4.74 Å². The molecule has 0 spiro atoms. The molecule has 0 aromatic rings. The molecule has 0 bridgehead atoms. The van der Waals surface area contributed by atoms with Gasteiger partial charge >= 0.3 is 0 Å². The first kappa shape index (κ1) is 10.5. The first-order valence-corrected chi connectivity index (χ1v) is 4.94. The van der Waals surface area contributed by atoms with Gasteiger partial charge in [-0.1, -0.05) is 12.5 Å². The minimum atomic E-state index is 0.138. The van der Waals surface area contributed by atoms with Crippen LogP contribution in [-0.2, 0) is 9.53 Å². The second kappa shape index (κ2) is 5.18. The molecule has 2 nitrogen and oxygen atoms in total. The summed E-state index contributed by atoms with van der Waals surface area (Å²) in [5.74, 6) is 0.683. The number of carbonyl (C=O) groups is 1. The summed E-state index contributed by atoms with van der Waals surface area (Å²) < 4.78 is 5.31. The van der Waals surface area contributed by atoms with Gasteiger partial charge in [-0.3, -0.25) is 4.79 Å². The van der Waals surface area contributed by atoms with Crippen LogP contribution in [-0.4, -0.2) is 19.0 Å². The highest BCUT2D eigenvalue weighted by Gasteiger charge is 2.19. The summed E-state index contributed by atoms with van der Waals surface area (Å²) in [6.45, 7) is 1.59. The van der Waals surface area contributed by atoms with Crippen molar-refractivity contribution in [1.82, 2.24) is 0 Å². The Morgan fingerprint density at radius 2 is 2.23 bits per heavy atom. The van der Waals surface area contributed by atoms with Crippen LogP contribution in [0, 0.1) is 5.92 Å². The minimum Gasteiger partial charge on any atom is -0.381 e. The van der Waals surface area contributed by atoms with Crippen molar-refractivity contribution in [1.29, 1.82) is 0 Å². The fourth-order valence-corrected chi connectivity index (χ4v) is 1.84. The number of ether oxygens (including phenoxy) is 1. The van der Waals surface area contributed by atoms with Gasteiger partial charge in [0.1, 0.15) is 0 Å². The van der Waals surface area contributed by atoms with E-state index in [2.05, 4.69) is 0 Å². The smallest absolute Gasteiger partial charge is 0.152 e. The predicted molar refractivity (Wildman–Crippen MR) is 52.6 cm³/mol. The molecule has 1 aliphatic carbocycles. The molecule has 0 saturated heterocycles. The summed E-state index contributed by atoms with van der Waals surface area (Å²) in [6.07, 6.45) is 8.77. The van der Waals surface area contributed by atoms with Crippen LogP contribution in [0.15, 0.2) is 12.2 Å². The number of allylic oxidation sites excluding steroid dienone is 2. The molecule has 0 aromatic heterocycles. The molecule has 0 aromatic carbocycles. The maximum atomic E-state index is 10.7. The lowest BCUT2D eigenvalue weighted by molar-refractivity contribution is -0.112. The Bertz CT molecular complexity index is 196. The number of hydrogen-bond donors (Lipinski definition) is 0. The number of rotatable bonds is 3. The van der Waals surface area contributed by atoms with Crippen LogP contribution in [0.5, 0.6) is 0 Å². The molecule has 1 rings (SSSR count). The molecule has 0 radical (unpaired) electrons. The standard InChI is InChI=1S/C11H18O2/c1-9(12)6-7-10-4-3-5-11(8-10)13-2/h6-7,10-11H,3-5,8H2,1-2H3. The Balaban J connectivity index is 2.38. The van der Waals surface area contributed by atoms with Crippen molar-refractivity contribution < 1.29 is 9.53 Å². The zero-order chi connectivity index (χ0) is 9.68. The molecule has 1 saturated carbocycles. The first-order valence-electron chi connectivity index (χ1n) is 4.94. The first-order chi connectivity index (χ1) is 6.22. The molecule has 0 N–H and O–H groups in total. The van der Waals surface area contributed by atoms with Crippen molar-refractivity contribution in [3.8, 4) is 0 Å². The van der Waals surface area contributed by atoms with Crippen LogP contribution in [0.25, 0.3) is 0 Å². The molecule has 1 aliphatic rings. The Morgan fingerprint density at radius 1 is 1.46 bits per heavy atom. The highest BCUT2D eigenvalue weighted by atomic mass is 16.5. The van der Waals surface area contributed by atoms with Crippen LogP contribution >= 0.6 is 0 Å². The van der Waals surface area contributed by atoms with Crippen molar-refractivity contribution >= 4 is 5.78 Å². The molecular weight excluding hydrogens is 164 g/mol. The number of carbonyl (C=O) groups excluding carboxylic acids is 1. The molecule has 2 atom stereocenters. The second-order valence-electron chi connectivity index (χ2n) is 3.75. The quantitative estimate of drug-likeness (QED) is 0.626. The second-order valence-corrected chi connectivity index (χ2v) is 3.75. The third-order valence-electron chi connectivity index (χ3n) is 2.60. The Kier molecular flexibility index (Phi) is 4.16. The van der Waals surface area contributed by atoms with Crippen molar-refractivity contribution in [2.45, 2.75) is 38.7 Å². The summed E-state index contributed by atoms with van der Waals surface area (Å²) in [6, 6.07) is 0. The van der Waals surface area contributed by atoms with Crippen molar-refractivity contribution in [3.05, 3.63) is 12.2 Å². The van der Waals surface area contributed by atoms with E-state index in [1.165, 1.54) is 19.3 Å². The van der Waals surface area contributed by atoms with Gasteiger partial charge in [0.05, 0.1) is 6.10 Å². The Hall–Kier alpha value is -0.630. The minimum absolute atomic E-state index is 0.138. The maximum absolute atomic E-state index is 10.7. The highest BCUT2D eigenvalue weighted by molar-refractivity contribution is 5.87. The van der Waals surface area contributed by atoms with Crippen LogP contribution in [0.3, 0.4) is 0 Å². The van der Waals surface area contributed by atoms with E-state index >= 15 is 0 Å². The average molecular weight is 182 g/mol. The zero-order valence-electron chi connectivity index (χ0n) is 8.45. The van der Waals surface area contributed by atoms with E-state index in [0.717, 1.165) is 6.42 Å². The van der Waals surface area contributed by atoms with Gasteiger partial charge in [-0.2, -0.15) is 0 Å². The van der Waals surface area contributed by atoms with Crippen molar-refractivity contribution in [2.24, 2.45) is 5.92 Å². The van der Waals surface area contributed by atoms with Gasteiger partial charge in [0, 0.05) is 7.11 Å². The monoisotopic (exact) mass is 182 g/mol. The van der Waals surface area contributed by atoms with Crippen molar-refractivity contribution in [3.63, 3.8) is 0 Å². The summed E-state index contributed by atoms with van der Waals surface area (Å²) in [5, 5.41) is 0. The highest BCUT2D eigenvalue weighted by Crippen LogP contribution is 2.26. The third-order valence-corrected chi connectivity index (χ3v) is 2.60. The SMILES string of the molecule is COC1CCCC(C=CC(C)=O)C1. The van der Waals surface area contributed by atoms with Crippen LogP contribution in [0.4, 0.5) is 0 Å². The lowest BCUT2D eigenvalue weighted by Crippen LogP contribution is -2.20. The van der Waals surface area contributed by atoms with E-state index in [9.17, 15) is 4.79 Å². The molecule has 13 heavy (non-hydrogen) atoms. The average Bonchev–Trinajstić information content (AvgIpc) is 2.15. The maximum Gasteiger partial charge on any atom is 0.152 e. The number of ketones is 1. The van der Waals surface area contributed by atoms with E-state index < -0.39 is 0 Å². The van der Waals surface area contributed by atoms with Gasteiger partial charge in [0.15, 0.2) is 5.78 Å². The Labute approximate surface area is 80.0 Å². The molecule has 74 valence electrons. The molecule has 2 unspecified atom stereocenters. The summed E-state index contributed by atoms with van der Waals surface area (Å²) in [5.41, 5.74) is 0. The predicted octanol–water partition coefficient (Wildman–Crippen LogP) is 2.34. The van der Waals surface area contributed by atoms with E-state index in [0.29, 0.717) is 12.0 Å². The molecular formula is C11H18O2. The van der Waals surface area contributed by atoms with E-state index in [4.69, 9.17) is 4.74 Å². The fraction of sp³-hybridized carbons (Fsp3) is 0.727. The molecule has 2 heteroatoms. The topological polar surface area (TPSA) is 26.3 Å². The molecule has 0 heterocycles.